The van der Waals surface area contributed by atoms with E-state index in [1.807, 2.05) is 12.1 Å². The number of nitrogens with one attached hydrogen (secondary N) is 1. The average Bonchev–Trinajstić information content (AvgIpc) is 3.06. The van der Waals surface area contributed by atoms with E-state index >= 15 is 0 Å². The van der Waals surface area contributed by atoms with Crippen molar-refractivity contribution < 1.29 is 4.39 Å². The molecular weight excluding hydrogens is 227 g/mol. The molecule has 0 aromatic heterocycles. The Kier molecular flexibility index (Phi) is 3.68. The number of halogens is 1. The van der Waals surface area contributed by atoms with Crippen molar-refractivity contribution in [1.82, 2.24) is 5.32 Å². The first-order valence-electron chi connectivity index (χ1n) is 6.40. The fourth-order valence-electron chi connectivity index (χ4n) is 2.37. The summed E-state index contributed by atoms with van der Waals surface area (Å²) in [5, 5.41) is 12.1. The van der Waals surface area contributed by atoms with Crippen molar-refractivity contribution in [3.63, 3.8) is 0 Å². The summed E-state index contributed by atoms with van der Waals surface area (Å²) in [6.45, 7) is 5.22. The minimum atomic E-state index is -0.109. The summed E-state index contributed by atoms with van der Waals surface area (Å²) in [6.07, 6.45) is 2.94. The molecule has 1 aliphatic rings. The predicted molar refractivity (Wildman–Crippen MR) is 69.5 cm³/mol. The van der Waals surface area contributed by atoms with Crippen molar-refractivity contribution >= 4 is 0 Å². The minimum absolute atomic E-state index is 0.109. The van der Waals surface area contributed by atoms with E-state index in [2.05, 4.69) is 11.4 Å². The van der Waals surface area contributed by atoms with Crippen LogP contribution in [0.5, 0.6) is 0 Å². The monoisotopic (exact) mass is 246 g/mol. The lowest BCUT2D eigenvalue weighted by Crippen LogP contribution is -2.23. The van der Waals surface area contributed by atoms with Crippen molar-refractivity contribution in [2.45, 2.75) is 39.7 Å². The second-order valence-corrected chi connectivity index (χ2v) is 5.48. The van der Waals surface area contributed by atoms with Crippen molar-refractivity contribution in [3.05, 3.63) is 34.6 Å². The fraction of sp³-hybridized carbons (Fsp3) is 0.533. The van der Waals surface area contributed by atoms with Gasteiger partial charge in [-0.05, 0) is 48.8 Å². The average molecular weight is 246 g/mol. The van der Waals surface area contributed by atoms with E-state index in [9.17, 15) is 4.39 Å². The molecule has 0 bridgehead atoms. The maximum absolute atomic E-state index is 13.5. The van der Waals surface area contributed by atoms with E-state index in [0.29, 0.717) is 17.5 Å². The Hall–Kier alpha value is -1.40. The quantitative estimate of drug-likeness (QED) is 0.865. The third-order valence-corrected chi connectivity index (χ3v) is 3.74. The number of nitrogens with zero attached hydrogens (tertiary/aromatic N) is 1. The lowest BCUT2D eigenvalue weighted by Gasteiger charge is -2.13. The van der Waals surface area contributed by atoms with Crippen LogP contribution in [0.2, 0.25) is 0 Å². The molecule has 1 saturated carbocycles. The molecule has 1 aromatic rings. The lowest BCUT2D eigenvalue weighted by atomic mass is 10.0. The highest BCUT2D eigenvalue weighted by molar-refractivity contribution is 5.30. The zero-order valence-electron chi connectivity index (χ0n) is 11.0. The highest BCUT2D eigenvalue weighted by Crippen LogP contribution is 2.47. The largest absolute Gasteiger partial charge is 0.312 e. The van der Waals surface area contributed by atoms with Crippen LogP contribution in [0.15, 0.2) is 12.1 Å². The Balaban J connectivity index is 1.90. The highest BCUT2D eigenvalue weighted by atomic mass is 19.1. The molecule has 0 aliphatic heterocycles. The summed E-state index contributed by atoms with van der Waals surface area (Å²) in [5.74, 6) is -0.109. The number of hydrogen-bond donors (Lipinski definition) is 1. The van der Waals surface area contributed by atoms with E-state index in [1.54, 1.807) is 13.8 Å². The van der Waals surface area contributed by atoms with Gasteiger partial charge < -0.3 is 5.32 Å². The van der Waals surface area contributed by atoms with E-state index in [-0.39, 0.29) is 11.2 Å². The Labute approximate surface area is 108 Å². The van der Waals surface area contributed by atoms with Gasteiger partial charge >= 0.3 is 0 Å². The van der Waals surface area contributed by atoms with Crippen LogP contribution in [0.1, 0.15) is 36.0 Å². The predicted octanol–water partition coefficient (Wildman–Crippen LogP) is 3.23. The maximum Gasteiger partial charge on any atom is 0.129 e. The van der Waals surface area contributed by atoms with Gasteiger partial charge in [-0.3, -0.25) is 0 Å². The Morgan fingerprint density at radius 2 is 1.94 bits per heavy atom. The molecule has 1 aliphatic carbocycles. The van der Waals surface area contributed by atoms with Gasteiger partial charge in [0.2, 0.25) is 0 Å². The second kappa shape index (κ2) is 5.07. The first-order valence-corrected chi connectivity index (χ1v) is 6.40. The molecule has 0 saturated heterocycles. The van der Waals surface area contributed by atoms with Crippen LogP contribution >= 0.6 is 0 Å². The van der Waals surface area contributed by atoms with Gasteiger partial charge in [-0.25, -0.2) is 4.39 Å². The summed E-state index contributed by atoms with van der Waals surface area (Å²) in [7, 11) is 0. The zero-order chi connectivity index (χ0) is 13.2. The maximum atomic E-state index is 13.5. The van der Waals surface area contributed by atoms with Crippen molar-refractivity contribution in [3.8, 4) is 6.07 Å². The molecule has 2 nitrogen and oxygen atoms in total. The fourth-order valence-corrected chi connectivity index (χ4v) is 2.37. The van der Waals surface area contributed by atoms with Gasteiger partial charge in [0.1, 0.15) is 5.82 Å². The normalized spacial score (nSPS) is 16.3. The van der Waals surface area contributed by atoms with Crippen LogP contribution in [0.25, 0.3) is 0 Å². The highest BCUT2D eigenvalue weighted by Gasteiger charge is 2.41. The molecule has 1 aromatic carbocycles. The molecule has 0 spiro atoms. The van der Waals surface area contributed by atoms with Crippen LogP contribution in [0, 0.1) is 36.4 Å². The molecule has 1 fully saturated rings. The Morgan fingerprint density at radius 1 is 1.33 bits per heavy atom. The smallest absolute Gasteiger partial charge is 0.129 e. The van der Waals surface area contributed by atoms with Crippen molar-refractivity contribution in [2.24, 2.45) is 5.41 Å². The number of hydrogen-bond acceptors (Lipinski definition) is 2. The first kappa shape index (κ1) is 13.0. The molecular formula is C15H19FN2. The summed E-state index contributed by atoms with van der Waals surface area (Å²) in [5.41, 5.74) is 2.73. The van der Waals surface area contributed by atoms with Crippen LogP contribution in [-0.4, -0.2) is 6.54 Å². The van der Waals surface area contributed by atoms with E-state index in [4.69, 9.17) is 5.26 Å². The molecule has 2 rings (SSSR count). The van der Waals surface area contributed by atoms with Gasteiger partial charge in [0.25, 0.3) is 0 Å². The number of aryl methyl sites for hydroxylation is 2. The molecule has 0 unspecified atom stereocenters. The van der Waals surface area contributed by atoms with Crippen LogP contribution in [0.4, 0.5) is 4.39 Å². The van der Waals surface area contributed by atoms with Crippen LogP contribution < -0.4 is 5.32 Å². The first-order chi connectivity index (χ1) is 8.56. The Morgan fingerprint density at radius 3 is 2.44 bits per heavy atom. The molecule has 18 heavy (non-hydrogen) atoms. The molecule has 96 valence electrons. The number of benzene rings is 1. The van der Waals surface area contributed by atoms with E-state index in [1.165, 1.54) is 0 Å². The standard InChI is InChI=1S/C15H19FN2/c1-11-7-13(8-12(2)14(11)16)9-18-10-15(3-4-15)5-6-17/h7-8,18H,3-5,9-10H2,1-2H3. The molecule has 1 N–H and O–H groups in total. The van der Waals surface area contributed by atoms with Gasteiger partial charge in [-0.1, -0.05) is 12.1 Å². The van der Waals surface area contributed by atoms with Gasteiger partial charge in [-0.2, -0.15) is 5.26 Å². The SMILES string of the molecule is Cc1cc(CNCC2(CC#N)CC2)cc(C)c1F. The van der Waals surface area contributed by atoms with Gasteiger partial charge in [0, 0.05) is 19.5 Å². The third-order valence-electron chi connectivity index (χ3n) is 3.74. The number of rotatable bonds is 5. The molecule has 0 amide bonds. The molecule has 0 atom stereocenters. The summed E-state index contributed by atoms with van der Waals surface area (Å²) in [4.78, 5) is 0. The second-order valence-electron chi connectivity index (χ2n) is 5.48. The molecule has 3 heteroatoms. The lowest BCUT2D eigenvalue weighted by molar-refractivity contribution is 0.466. The Bertz CT molecular complexity index is 461. The van der Waals surface area contributed by atoms with Crippen LogP contribution in [-0.2, 0) is 6.54 Å². The van der Waals surface area contributed by atoms with Gasteiger partial charge in [0.05, 0.1) is 6.07 Å². The summed E-state index contributed by atoms with van der Waals surface area (Å²) in [6, 6.07) is 6.03. The van der Waals surface area contributed by atoms with Gasteiger partial charge in [0.15, 0.2) is 0 Å². The van der Waals surface area contributed by atoms with Crippen molar-refractivity contribution in [2.75, 3.05) is 6.54 Å². The summed E-state index contributed by atoms with van der Waals surface area (Å²) < 4.78 is 13.5. The van der Waals surface area contributed by atoms with Crippen LogP contribution in [0.3, 0.4) is 0 Å². The molecule has 0 heterocycles. The van der Waals surface area contributed by atoms with E-state index in [0.717, 1.165) is 31.5 Å². The topological polar surface area (TPSA) is 35.8 Å². The zero-order valence-corrected chi connectivity index (χ0v) is 11.0. The molecule has 0 radical (unpaired) electrons. The number of nitriles is 1. The minimum Gasteiger partial charge on any atom is -0.312 e. The van der Waals surface area contributed by atoms with E-state index < -0.39 is 0 Å². The van der Waals surface area contributed by atoms with Crippen molar-refractivity contribution in [1.29, 1.82) is 5.26 Å². The van der Waals surface area contributed by atoms with Gasteiger partial charge in [-0.15, -0.1) is 0 Å². The summed E-state index contributed by atoms with van der Waals surface area (Å²) >= 11 is 0. The third kappa shape index (κ3) is 2.88.